The summed E-state index contributed by atoms with van der Waals surface area (Å²) < 4.78 is 27.4. The first-order chi connectivity index (χ1) is 9.23. The molecule has 0 radical (unpaired) electrons. The van der Waals surface area contributed by atoms with E-state index >= 15 is 0 Å². The predicted molar refractivity (Wildman–Crippen MR) is 76.9 cm³/mol. The fraction of sp³-hybridized carbons (Fsp3) is 0.929. The number of carboxylic acids is 1. The standard InChI is InChI=1S/C14H25NO4S/c1-3-11(2)10-20(18,19)15-14-7-4-13(5-8-14,6-9-14)12(16)17/h11,15H,3-10H2,1-2H3,(H,16,17). The molecule has 5 nitrogen and oxygen atoms in total. The number of hydrogen-bond donors (Lipinski definition) is 2. The summed E-state index contributed by atoms with van der Waals surface area (Å²) in [5.41, 5.74) is -0.979. The largest absolute Gasteiger partial charge is 0.481 e. The molecule has 116 valence electrons. The molecule has 0 aromatic rings. The number of sulfonamides is 1. The van der Waals surface area contributed by atoms with Crippen LogP contribution in [-0.4, -0.2) is 30.8 Å². The van der Waals surface area contributed by atoms with Crippen LogP contribution in [0.4, 0.5) is 0 Å². The van der Waals surface area contributed by atoms with Gasteiger partial charge in [0.25, 0.3) is 0 Å². The van der Waals surface area contributed by atoms with Crippen LogP contribution < -0.4 is 4.72 Å². The molecule has 0 amide bonds. The van der Waals surface area contributed by atoms with Gasteiger partial charge in [-0.3, -0.25) is 4.79 Å². The monoisotopic (exact) mass is 303 g/mol. The molecule has 2 bridgehead atoms. The lowest BCUT2D eigenvalue weighted by molar-refractivity contribution is -0.156. The van der Waals surface area contributed by atoms with Gasteiger partial charge >= 0.3 is 5.97 Å². The van der Waals surface area contributed by atoms with Crippen molar-refractivity contribution in [2.45, 2.75) is 64.3 Å². The summed E-state index contributed by atoms with van der Waals surface area (Å²) in [5.74, 6) is -0.405. The fourth-order valence-electron chi connectivity index (χ4n) is 3.52. The van der Waals surface area contributed by atoms with Crippen molar-refractivity contribution >= 4 is 16.0 Å². The summed E-state index contributed by atoms with van der Waals surface area (Å²) in [5, 5.41) is 9.34. The van der Waals surface area contributed by atoms with Crippen LogP contribution in [0.25, 0.3) is 0 Å². The van der Waals surface area contributed by atoms with Gasteiger partial charge in [0.1, 0.15) is 0 Å². The maximum Gasteiger partial charge on any atom is 0.309 e. The van der Waals surface area contributed by atoms with Crippen molar-refractivity contribution in [1.29, 1.82) is 0 Å². The lowest BCUT2D eigenvalue weighted by Gasteiger charge is -2.51. The van der Waals surface area contributed by atoms with Gasteiger partial charge in [0.15, 0.2) is 0 Å². The summed E-state index contributed by atoms with van der Waals surface area (Å²) in [7, 11) is -3.28. The van der Waals surface area contributed by atoms with Crippen LogP contribution >= 0.6 is 0 Å². The van der Waals surface area contributed by atoms with Gasteiger partial charge < -0.3 is 5.11 Å². The van der Waals surface area contributed by atoms with Gasteiger partial charge in [0.2, 0.25) is 10.0 Å². The van der Waals surface area contributed by atoms with Crippen molar-refractivity contribution in [1.82, 2.24) is 4.72 Å². The van der Waals surface area contributed by atoms with E-state index in [1.54, 1.807) is 0 Å². The highest BCUT2D eigenvalue weighted by Gasteiger charge is 2.53. The predicted octanol–water partition coefficient (Wildman–Crippen LogP) is 2.13. The minimum atomic E-state index is -3.28. The minimum Gasteiger partial charge on any atom is -0.481 e. The van der Waals surface area contributed by atoms with E-state index in [0.717, 1.165) is 6.42 Å². The molecule has 3 fully saturated rings. The number of rotatable bonds is 6. The Hall–Kier alpha value is -0.620. The fourth-order valence-corrected chi connectivity index (χ4v) is 5.56. The van der Waals surface area contributed by atoms with Gasteiger partial charge in [-0.1, -0.05) is 20.3 Å². The molecule has 2 N–H and O–H groups in total. The van der Waals surface area contributed by atoms with E-state index in [4.69, 9.17) is 0 Å². The van der Waals surface area contributed by atoms with Crippen molar-refractivity contribution < 1.29 is 18.3 Å². The first kappa shape index (κ1) is 15.8. The minimum absolute atomic E-state index is 0.147. The zero-order chi connectivity index (χ0) is 15.0. The highest BCUT2D eigenvalue weighted by Crippen LogP contribution is 2.52. The van der Waals surface area contributed by atoms with E-state index in [1.165, 1.54) is 0 Å². The zero-order valence-electron chi connectivity index (χ0n) is 12.3. The Balaban J connectivity index is 2.04. The molecule has 3 saturated carbocycles. The Morgan fingerprint density at radius 1 is 1.20 bits per heavy atom. The third-order valence-electron chi connectivity index (χ3n) is 5.27. The SMILES string of the molecule is CCC(C)CS(=O)(=O)NC12CCC(C(=O)O)(CC1)CC2. The number of fused-ring (bicyclic) bond motifs is 3. The Kier molecular flexibility index (Phi) is 4.17. The van der Waals surface area contributed by atoms with E-state index in [9.17, 15) is 18.3 Å². The van der Waals surface area contributed by atoms with E-state index in [0.29, 0.717) is 38.5 Å². The van der Waals surface area contributed by atoms with Crippen LogP contribution in [0, 0.1) is 11.3 Å². The molecule has 20 heavy (non-hydrogen) atoms. The maximum atomic E-state index is 12.2. The molecule has 1 unspecified atom stereocenters. The van der Waals surface area contributed by atoms with E-state index in [2.05, 4.69) is 4.72 Å². The summed E-state index contributed by atoms with van der Waals surface area (Å²) in [6.07, 6.45) is 4.57. The van der Waals surface area contributed by atoms with Gasteiger partial charge in [-0.2, -0.15) is 0 Å². The van der Waals surface area contributed by atoms with Gasteiger partial charge in [0, 0.05) is 5.54 Å². The van der Waals surface area contributed by atoms with Crippen LogP contribution in [0.3, 0.4) is 0 Å². The van der Waals surface area contributed by atoms with E-state index in [-0.39, 0.29) is 17.2 Å². The zero-order valence-corrected chi connectivity index (χ0v) is 13.1. The number of carboxylic acid groups (broad SMARTS) is 1. The van der Waals surface area contributed by atoms with Crippen LogP contribution in [0.5, 0.6) is 0 Å². The Labute approximate surface area is 121 Å². The topological polar surface area (TPSA) is 83.5 Å². The van der Waals surface area contributed by atoms with Gasteiger partial charge in [-0.15, -0.1) is 0 Å². The Bertz CT molecular complexity index is 461. The van der Waals surface area contributed by atoms with Crippen molar-refractivity contribution in [3.8, 4) is 0 Å². The Morgan fingerprint density at radius 3 is 2.10 bits per heavy atom. The summed E-state index contributed by atoms with van der Waals surface area (Å²) in [4.78, 5) is 11.4. The second-order valence-electron chi connectivity index (χ2n) is 6.76. The number of nitrogens with one attached hydrogen (secondary N) is 1. The quantitative estimate of drug-likeness (QED) is 0.787. The molecule has 6 heteroatoms. The Morgan fingerprint density at radius 2 is 1.70 bits per heavy atom. The maximum absolute atomic E-state index is 12.2. The lowest BCUT2D eigenvalue weighted by atomic mass is 9.57. The molecule has 3 aliphatic rings. The highest BCUT2D eigenvalue weighted by atomic mass is 32.2. The highest BCUT2D eigenvalue weighted by molar-refractivity contribution is 7.89. The van der Waals surface area contributed by atoms with Crippen LogP contribution in [0.2, 0.25) is 0 Å². The molecule has 0 heterocycles. The van der Waals surface area contributed by atoms with Crippen LogP contribution in [-0.2, 0) is 14.8 Å². The van der Waals surface area contributed by atoms with Gasteiger partial charge in [0.05, 0.1) is 11.2 Å². The number of aliphatic carboxylic acids is 1. The van der Waals surface area contributed by atoms with Crippen molar-refractivity contribution in [2.24, 2.45) is 11.3 Å². The average Bonchev–Trinajstić information content (AvgIpc) is 2.38. The normalized spacial score (nSPS) is 34.9. The lowest BCUT2D eigenvalue weighted by Crippen LogP contribution is -2.58. The van der Waals surface area contributed by atoms with E-state index < -0.39 is 21.4 Å². The van der Waals surface area contributed by atoms with Crippen molar-refractivity contribution in [3.05, 3.63) is 0 Å². The van der Waals surface area contributed by atoms with E-state index in [1.807, 2.05) is 13.8 Å². The van der Waals surface area contributed by atoms with Crippen molar-refractivity contribution in [2.75, 3.05) is 5.75 Å². The molecule has 0 aliphatic heterocycles. The summed E-state index contributed by atoms with van der Waals surface area (Å²) in [6.45, 7) is 3.93. The molecule has 1 atom stereocenters. The number of carbonyl (C=O) groups is 1. The third kappa shape index (κ3) is 3.01. The molecular formula is C14H25NO4S. The van der Waals surface area contributed by atoms with Crippen LogP contribution in [0.15, 0.2) is 0 Å². The first-order valence-electron chi connectivity index (χ1n) is 7.48. The van der Waals surface area contributed by atoms with Crippen LogP contribution in [0.1, 0.15) is 58.8 Å². The second-order valence-corrected chi connectivity index (χ2v) is 8.53. The molecule has 0 aromatic carbocycles. The molecular weight excluding hydrogens is 278 g/mol. The second kappa shape index (κ2) is 5.30. The average molecular weight is 303 g/mol. The molecule has 3 rings (SSSR count). The summed E-state index contributed by atoms with van der Waals surface area (Å²) >= 11 is 0. The molecule has 0 spiro atoms. The smallest absolute Gasteiger partial charge is 0.309 e. The molecule has 3 aliphatic carbocycles. The first-order valence-corrected chi connectivity index (χ1v) is 9.13. The molecule has 0 saturated heterocycles. The van der Waals surface area contributed by atoms with Crippen molar-refractivity contribution in [3.63, 3.8) is 0 Å². The summed E-state index contributed by atoms with van der Waals surface area (Å²) in [6, 6.07) is 0. The van der Waals surface area contributed by atoms with Gasteiger partial charge in [-0.25, -0.2) is 13.1 Å². The number of hydrogen-bond acceptors (Lipinski definition) is 3. The third-order valence-corrected chi connectivity index (χ3v) is 7.02. The molecule has 0 aromatic heterocycles. The van der Waals surface area contributed by atoms with Gasteiger partial charge in [-0.05, 0) is 44.4 Å².